The van der Waals surface area contributed by atoms with E-state index in [1.807, 2.05) is 17.8 Å². The van der Waals surface area contributed by atoms with Crippen LogP contribution in [0.5, 0.6) is 0 Å². The Morgan fingerprint density at radius 3 is 2.67 bits per heavy atom. The van der Waals surface area contributed by atoms with Crippen LogP contribution in [0.1, 0.15) is 42.3 Å². The van der Waals surface area contributed by atoms with Gasteiger partial charge in [-0.2, -0.15) is 5.10 Å². The summed E-state index contributed by atoms with van der Waals surface area (Å²) in [6.45, 7) is 8.50. The number of aryl methyl sites for hydroxylation is 2. The van der Waals surface area contributed by atoms with E-state index in [2.05, 4.69) is 36.5 Å². The van der Waals surface area contributed by atoms with Gasteiger partial charge >= 0.3 is 0 Å². The summed E-state index contributed by atoms with van der Waals surface area (Å²) in [6.07, 6.45) is 3.03. The first kappa shape index (κ1) is 19.4. The van der Waals surface area contributed by atoms with Crippen molar-refractivity contribution in [1.29, 1.82) is 0 Å². The third kappa shape index (κ3) is 4.49. The Morgan fingerprint density at radius 1 is 1.30 bits per heavy atom. The van der Waals surface area contributed by atoms with Gasteiger partial charge in [-0.25, -0.2) is 4.39 Å². The zero-order valence-corrected chi connectivity index (χ0v) is 16.8. The fourth-order valence-corrected chi connectivity index (χ4v) is 3.56. The van der Waals surface area contributed by atoms with Crippen LogP contribution in [0.15, 0.2) is 29.3 Å². The van der Waals surface area contributed by atoms with Crippen molar-refractivity contribution in [2.24, 2.45) is 12.0 Å². The third-order valence-corrected chi connectivity index (χ3v) is 5.50. The predicted octanol–water partition coefficient (Wildman–Crippen LogP) is 3.01. The van der Waals surface area contributed by atoms with E-state index in [0.717, 1.165) is 49.6 Å². The summed E-state index contributed by atoms with van der Waals surface area (Å²) < 4.78 is 15.5. The molecule has 1 saturated carbocycles. The number of hydrogen-bond acceptors (Lipinski definition) is 2. The number of aliphatic imine (C=N–C) groups is 1. The average molecular weight is 372 g/mol. The van der Waals surface area contributed by atoms with Crippen molar-refractivity contribution in [1.82, 2.24) is 20.4 Å². The van der Waals surface area contributed by atoms with Crippen LogP contribution in [0.2, 0.25) is 0 Å². The molecule has 2 aromatic rings. The first-order chi connectivity index (χ1) is 12.9. The molecule has 1 aromatic heterocycles. The van der Waals surface area contributed by atoms with Gasteiger partial charge in [0.25, 0.3) is 0 Å². The van der Waals surface area contributed by atoms with Gasteiger partial charge in [0, 0.05) is 31.2 Å². The van der Waals surface area contributed by atoms with Crippen molar-refractivity contribution < 1.29 is 4.39 Å². The summed E-state index contributed by atoms with van der Waals surface area (Å²) in [5.74, 6) is 0.648. The summed E-state index contributed by atoms with van der Waals surface area (Å²) in [7, 11) is 1.98. The van der Waals surface area contributed by atoms with Crippen molar-refractivity contribution in [3.8, 4) is 0 Å². The third-order valence-electron chi connectivity index (χ3n) is 5.50. The molecular formula is C21H30FN5. The van der Waals surface area contributed by atoms with Gasteiger partial charge in [0.1, 0.15) is 5.82 Å². The Morgan fingerprint density at radius 2 is 2.07 bits per heavy atom. The molecule has 1 fully saturated rings. The second kappa shape index (κ2) is 8.11. The van der Waals surface area contributed by atoms with Crippen LogP contribution in [-0.2, 0) is 18.9 Å². The van der Waals surface area contributed by atoms with Crippen molar-refractivity contribution in [2.45, 2.75) is 45.4 Å². The van der Waals surface area contributed by atoms with Gasteiger partial charge in [-0.1, -0.05) is 12.1 Å². The Hall–Kier alpha value is -2.37. The van der Waals surface area contributed by atoms with E-state index in [-0.39, 0.29) is 11.2 Å². The first-order valence-electron chi connectivity index (χ1n) is 9.72. The van der Waals surface area contributed by atoms with Gasteiger partial charge in [0.2, 0.25) is 0 Å². The van der Waals surface area contributed by atoms with Crippen molar-refractivity contribution >= 4 is 5.96 Å². The highest BCUT2D eigenvalue weighted by atomic mass is 19.1. The molecule has 0 spiro atoms. The Bertz CT molecular complexity index is 820. The molecule has 0 atom stereocenters. The maximum atomic E-state index is 13.6. The van der Waals surface area contributed by atoms with Crippen LogP contribution in [-0.4, -0.2) is 35.4 Å². The lowest BCUT2D eigenvalue weighted by molar-refractivity contribution is 0.615. The number of rotatable bonds is 7. The summed E-state index contributed by atoms with van der Waals surface area (Å²) in [5.41, 5.74) is 4.64. The van der Waals surface area contributed by atoms with E-state index in [9.17, 15) is 4.39 Å². The number of nitrogens with one attached hydrogen (secondary N) is 2. The summed E-state index contributed by atoms with van der Waals surface area (Å²) in [4.78, 5) is 4.79. The van der Waals surface area contributed by atoms with Crippen molar-refractivity contribution in [3.63, 3.8) is 0 Å². The molecule has 1 aliphatic carbocycles. The quantitative estimate of drug-likeness (QED) is 0.581. The molecule has 0 aliphatic heterocycles. The maximum absolute atomic E-state index is 13.6. The van der Waals surface area contributed by atoms with E-state index < -0.39 is 0 Å². The monoisotopic (exact) mass is 371 g/mol. The number of halogens is 1. The van der Waals surface area contributed by atoms with Gasteiger partial charge in [-0.3, -0.25) is 9.67 Å². The highest BCUT2D eigenvalue weighted by molar-refractivity contribution is 5.79. The molecule has 0 bridgehead atoms. The Kier molecular flexibility index (Phi) is 5.82. The lowest BCUT2D eigenvalue weighted by atomic mass is 9.96. The zero-order valence-electron chi connectivity index (χ0n) is 16.8. The van der Waals surface area contributed by atoms with Crippen LogP contribution in [0.4, 0.5) is 4.39 Å². The molecule has 1 heterocycles. The van der Waals surface area contributed by atoms with Gasteiger partial charge in [0.05, 0.1) is 12.2 Å². The molecule has 0 radical (unpaired) electrons. The Balaban J connectivity index is 1.61. The molecule has 0 unspecified atom stereocenters. The predicted molar refractivity (Wildman–Crippen MR) is 108 cm³/mol. The van der Waals surface area contributed by atoms with E-state index in [0.29, 0.717) is 6.54 Å². The van der Waals surface area contributed by atoms with Crippen LogP contribution >= 0.6 is 0 Å². The molecule has 0 amide bonds. The van der Waals surface area contributed by atoms with Crippen LogP contribution in [0.3, 0.4) is 0 Å². The molecule has 0 saturated heterocycles. The summed E-state index contributed by atoms with van der Waals surface area (Å²) in [5, 5.41) is 11.2. The largest absolute Gasteiger partial charge is 0.357 e. The molecule has 27 heavy (non-hydrogen) atoms. The number of guanidine groups is 1. The standard InChI is InChI=1S/C21H30FN5/c1-5-23-20(24-12-9-19-15(2)26-27(4)16(19)3)25-14-21(10-11-21)17-7-6-8-18(22)13-17/h6-8,13H,5,9-12,14H2,1-4H3,(H2,23,24,25). The smallest absolute Gasteiger partial charge is 0.191 e. The number of benzene rings is 1. The number of nitrogens with zero attached hydrogens (tertiary/aromatic N) is 3. The molecule has 1 aliphatic rings. The lowest BCUT2D eigenvalue weighted by Gasteiger charge is -2.16. The van der Waals surface area contributed by atoms with E-state index in [1.165, 1.54) is 17.3 Å². The van der Waals surface area contributed by atoms with E-state index >= 15 is 0 Å². The van der Waals surface area contributed by atoms with Gasteiger partial charge in [-0.05, 0) is 63.3 Å². The van der Waals surface area contributed by atoms with E-state index in [1.54, 1.807) is 12.1 Å². The fraction of sp³-hybridized carbons (Fsp3) is 0.524. The minimum Gasteiger partial charge on any atom is -0.357 e. The first-order valence-corrected chi connectivity index (χ1v) is 9.72. The average Bonchev–Trinajstić information content (AvgIpc) is 3.39. The minimum atomic E-state index is -0.171. The maximum Gasteiger partial charge on any atom is 0.191 e. The molecule has 3 rings (SSSR count). The topological polar surface area (TPSA) is 54.2 Å². The van der Waals surface area contributed by atoms with Crippen LogP contribution < -0.4 is 10.6 Å². The SMILES string of the molecule is CCNC(=NCC1(c2cccc(F)c2)CC1)NCCc1c(C)nn(C)c1C. The molecule has 2 N–H and O–H groups in total. The molecule has 6 heteroatoms. The van der Waals surface area contributed by atoms with Crippen LogP contribution in [0, 0.1) is 19.7 Å². The minimum absolute atomic E-state index is 0.000970. The zero-order chi connectivity index (χ0) is 19.4. The van der Waals surface area contributed by atoms with Gasteiger partial charge in [0.15, 0.2) is 5.96 Å². The number of hydrogen-bond donors (Lipinski definition) is 2. The molecule has 1 aromatic carbocycles. The van der Waals surface area contributed by atoms with Gasteiger partial charge < -0.3 is 10.6 Å². The molecule has 146 valence electrons. The second-order valence-corrected chi connectivity index (χ2v) is 7.44. The number of aromatic nitrogens is 2. The summed E-state index contributed by atoms with van der Waals surface area (Å²) in [6, 6.07) is 6.95. The normalized spacial score (nSPS) is 15.7. The van der Waals surface area contributed by atoms with Crippen LogP contribution in [0.25, 0.3) is 0 Å². The molecule has 5 nitrogen and oxygen atoms in total. The summed E-state index contributed by atoms with van der Waals surface area (Å²) >= 11 is 0. The second-order valence-electron chi connectivity index (χ2n) is 7.44. The van der Waals surface area contributed by atoms with Gasteiger partial charge in [-0.15, -0.1) is 0 Å². The molecular weight excluding hydrogens is 341 g/mol. The van der Waals surface area contributed by atoms with E-state index in [4.69, 9.17) is 4.99 Å². The Labute approximate surface area is 161 Å². The fourth-order valence-electron chi connectivity index (χ4n) is 3.56. The van der Waals surface area contributed by atoms with Crippen molar-refractivity contribution in [2.75, 3.05) is 19.6 Å². The van der Waals surface area contributed by atoms with Crippen molar-refractivity contribution in [3.05, 3.63) is 52.6 Å². The highest BCUT2D eigenvalue weighted by Crippen LogP contribution is 2.48. The lowest BCUT2D eigenvalue weighted by Crippen LogP contribution is -2.39. The highest BCUT2D eigenvalue weighted by Gasteiger charge is 2.44.